The number of amides is 1. The van der Waals surface area contributed by atoms with Gasteiger partial charge in [0.25, 0.3) is 5.91 Å². The summed E-state index contributed by atoms with van der Waals surface area (Å²) < 4.78 is 20.5. The number of carbonyl (C=O) groups excluding carboxylic acids is 2. The molecule has 0 fully saturated rings. The molecule has 0 spiro atoms. The molecule has 0 radical (unpaired) electrons. The molecule has 1 amide bonds. The Balaban J connectivity index is 1.91. The second-order valence-electron chi connectivity index (χ2n) is 6.19. The molecule has 2 aromatic rings. The lowest BCUT2D eigenvalue weighted by atomic mass is 9.94. The summed E-state index contributed by atoms with van der Waals surface area (Å²) in [5.41, 5.74) is 1.58. The zero-order valence-corrected chi connectivity index (χ0v) is 15.8. The van der Waals surface area contributed by atoms with E-state index in [1.54, 1.807) is 19.1 Å². The monoisotopic (exact) mass is 407 g/mol. The van der Waals surface area contributed by atoms with Crippen molar-refractivity contribution >= 4 is 27.6 Å². The Hall–Kier alpha value is -1.95. The number of Topliss-reactive ketones (excluding diaryl/α,β-unsaturated/α-hetero) is 1. The van der Waals surface area contributed by atoms with E-state index in [-0.39, 0.29) is 29.8 Å². The van der Waals surface area contributed by atoms with Crippen LogP contribution < -0.4 is 0 Å². The van der Waals surface area contributed by atoms with Crippen molar-refractivity contribution in [2.45, 2.75) is 39.7 Å². The highest BCUT2D eigenvalue weighted by molar-refractivity contribution is 9.10. The van der Waals surface area contributed by atoms with Gasteiger partial charge < -0.3 is 9.32 Å². The number of hydrogen-bond donors (Lipinski definition) is 0. The van der Waals surface area contributed by atoms with Gasteiger partial charge >= 0.3 is 0 Å². The molecule has 132 valence electrons. The lowest BCUT2D eigenvalue weighted by Gasteiger charge is -2.20. The van der Waals surface area contributed by atoms with Crippen LogP contribution >= 0.6 is 15.9 Å². The molecular formula is C19H19BrFNO3. The Bertz CT molecular complexity index is 843. The third-order valence-corrected chi connectivity index (χ3v) is 5.03. The van der Waals surface area contributed by atoms with Gasteiger partial charge in [-0.3, -0.25) is 9.59 Å². The van der Waals surface area contributed by atoms with E-state index in [9.17, 15) is 14.0 Å². The van der Waals surface area contributed by atoms with Gasteiger partial charge in [0, 0.05) is 41.5 Å². The van der Waals surface area contributed by atoms with E-state index in [0.717, 1.165) is 10.9 Å². The quantitative estimate of drug-likeness (QED) is 0.739. The Morgan fingerprint density at radius 3 is 2.80 bits per heavy atom. The molecule has 0 saturated carbocycles. The van der Waals surface area contributed by atoms with Gasteiger partial charge in [0.2, 0.25) is 0 Å². The minimum Gasteiger partial charge on any atom is -0.455 e. The Kier molecular flexibility index (Phi) is 5.08. The van der Waals surface area contributed by atoms with Crippen molar-refractivity contribution in [3.05, 3.63) is 56.7 Å². The van der Waals surface area contributed by atoms with E-state index in [1.165, 1.54) is 11.0 Å². The molecule has 0 atom stereocenters. The number of hydrogen-bond acceptors (Lipinski definition) is 3. The van der Waals surface area contributed by atoms with Gasteiger partial charge in [0.1, 0.15) is 11.6 Å². The molecule has 25 heavy (non-hydrogen) atoms. The van der Waals surface area contributed by atoms with Crippen molar-refractivity contribution in [1.29, 1.82) is 0 Å². The number of furan rings is 1. The fourth-order valence-electron chi connectivity index (χ4n) is 3.19. The minimum atomic E-state index is -0.361. The van der Waals surface area contributed by atoms with Crippen molar-refractivity contribution in [2.24, 2.45) is 0 Å². The summed E-state index contributed by atoms with van der Waals surface area (Å²) in [4.78, 5) is 26.5. The van der Waals surface area contributed by atoms with Crippen molar-refractivity contribution in [3.63, 3.8) is 0 Å². The van der Waals surface area contributed by atoms with Crippen LogP contribution in [0.1, 0.15) is 57.6 Å². The van der Waals surface area contributed by atoms with Crippen LogP contribution in [0.15, 0.2) is 27.1 Å². The third-order valence-electron chi connectivity index (χ3n) is 4.54. The fourth-order valence-corrected chi connectivity index (χ4v) is 3.60. The van der Waals surface area contributed by atoms with Crippen molar-refractivity contribution in [3.8, 4) is 0 Å². The molecule has 4 nitrogen and oxygen atoms in total. The lowest BCUT2D eigenvalue weighted by Crippen LogP contribution is -2.31. The third kappa shape index (κ3) is 3.40. The number of rotatable bonds is 4. The zero-order valence-electron chi connectivity index (χ0n) is 14.2. The summed E-state index contributed by atoms with van der Waals surface area (Å²) >= 11 is 3.32. The van der Waals surface area contributed by atoms with E-state index < -0.39 is 0 Å². The molecule has 1 heterocycles. The normalized spacial score (nSPS) is 13.7. The molecule has 6 heteroatoms. The minimum absolute atomic E-state index is 0.0302. The first-order chi connectivity index (χ1) is 11.9. The summed E-state index contributed by atoms with van der Waals surface area (Å²) in [7, 11) is 0. The summed E-state index contributed by atoms with van der Waals surface area (Å²) in [6.07, 6.45) is 1.90. The van der Waals surface area contributed by atoms with Crippen LogP contribution in [-0.2, 0) is 13.0 Å². The molecule has 1 aromatic heterocycles. The molecule has 0 bridgehead atoms. The molecule has 3 rings (SSSR count). The second kappa shape index (κ2) is 7.12. The van der Waals surface area contributed by atoms with E-state index in [1.807, 2.05) is 6.92 Å². The van der Waals surface area contributed by atoms with E-state index in [2.05, 4.69) is 15.9 Å². The number of nitrogens with zero attached hydrogens (tertiary/aromatic N) is 1. The Morgan fingerprint density at radius 1 is 1.36 bits per heavy atom. The SMILES string of the molecule is CCN(Cc1cc(Br)ccc1F)C(=O)c1oc2c(c1C)C(=O)CCC2. The number of ketones is 1. The number of carbonyl (C=O) groups is 2. The molecule has 0 N–H and O–H groups in total. The predicted octanol–water partition coefficient (Wildman–Crippen LogP) is 4.67. The number of halogens is 2. The molecule has 0 saturated heterocycles. The Morgan fingerprint density at radius 2 is 2.12 bits per heavy atom. The Labute approximate surface area is 154 Å². The largest absolute Gasteiger partial charge is 0.455 e. The van der Waals surface area contributed by atoms with Crippen LogP contribution in [0.5, 0.6) is 0 Å². The van der Waals surface area contributed by atoms with Gasteiger partial charge in [-0.2, -0.15) is 0 Å². The van der Waals surface area contributed by atoms with Gasteiger partial charge in [0.05, 0.1) is 5.56 Å². The molecule has 0 aliphatic heterocycles. The summed E-state index contributed by atoms with van der Waals surface area (Å²) in [5, 5.41) is 0. The highest BCUT2D eigenvalue weighted by atomic mass is 79.9. The van der Waals surface area contributed by atoms with Gasteiger partial charge in [-0.15, -0.1) is 0 Å². The number of fused-ring (bicyclic) bond motifs is 1. The van der Waals surface area contributed by atoms with Crippen LogP contribution in [0.25, 0.3) is 0 Å². The molecule has 0 unspecified atom stereocenters. The van der Waals surface area contributed by atoms with Crippen molar-refractivity contribution in [1.82, 2.24) is 4.90 Å². The van der Waals surface area contributed by atoms with Gasteiger partial charge in [-0.25, -0.2) is 4.39 Å². The first-order valence-electron chi connectivity index (χ1n) is 8.31. The maximum Gasteiger partial charge on any atom is 0.290 e. The fraction of sp³-hybridized carbons (Fsp3) is 0.368. The maximum absolute atomic E-state index is 14.0. The maximum atomic E-state index is 14.0. The van der Waals surface area contributed by atoms with Crippen LogP contribution in [0.4, 0.5) is 4.39 Å². The van der Waals surface area contributed by atoms with Crippen LogP contribution in [0, 0.1) is 12.7 Å². The molecular weight excluding hydrogens is 389 g/mol. The van der Waals surface area contributed by atoms with Crippen LogP contribution in [0.2, 0.25) is 0 Å². The predicted molar refractivity (Wildman–Crippen MR) is 95.2 cm³/mol. The highest BCUT2D eigenvalue weighted by Crippen LogP contribution is 2.30. The number of aryl methyl sites for hydroxylation is 1. The zero-order chi connectivity index (χ0) is 18.1. The summed E-state index contributed by atoms with van der Waals surface area (Å²) in [6.45, 7) is 4.12. The number of benzene rings is 1. The molecule has 1 aromatic carbocycles. The molecule has 1 aliphatic carbocycles. The van der Waals surface area contributed by atoms with Gasteiger partial charge in [-0.1, -0.05) is 15.9 Å². The van der Waals surface area contributed by atoms with Gasteiger partial charge in [0.15, 0.2) is 11.5 Å². The summed E-state index contributed by atoms with van der Waals surface area (Å²) in [5.74, 6) is 0.142. The first-order valence-corrected chi connectivity index (χ1v) is 9.10. The molecule has 1 aliphatic rings. The smallest absolute Gasteiger partial charge is 0.290 e. The topological polar surface area (TPSA) is 50.5 Å². The second-order valence-corrected chi connectivity index (χ2v) is 7.10. The van der Waals surface area contributed by atoms with Crippen molar-refractivity contribution < 1.29 is 18.4 Å². The van der Waals surface area contributed by atoms with Crippen molar-refractivity contribution in [2.75, 3.05) is 6.54 Å². The van der Waals surface area contributed by atoms with Crippen LogP contribution in [0.3, 0.4) is 0 Å². The van der Waals surface area contributed by atoms with Crippen LogP contribution in [-0.4, -0.2) is 23.1 Å². The standard InChI is InChI=1S/C19H19BrFNO3/c1-3-22(10-12-9-13(20)7-8-14(12)21)19(24)18-11(2)17-15(23)5-4-6-16(17)25-18/h7-9H,3-6,10H2,1-2H3. The summed E-state index contributed by atoms with van der Waals surface area (Å²) in [6, 6.07) is 4.65. The average Bonchev–Trinajstić information content (AvgIpc) is 2.93. The first kappa shape index (κ1) is 17.9. The lowest BCUT2D eigenvalue weighted by molar-refractivity contribution is 0.0715. The highest BCUT2D eigenvalue weighted by Gasteiger charge is 2.30. The van der Waals surface area contributed by atoms with E-state index in [4.69, 9.17) is 4.42 Å². The average molecular weight is 408 g/mol. The van der Waals surface area contributed by atoms with Gasteiger partial charge in [-0.05, 0) is 38.5 Å². The van der Waals surface area contributed by atoms with E-state index >= 15 is 0 Å². The van der Waals surface area contributed by atoms with E-state index in [0.29, 0.717) is 41.8 Å².